The van der Waals surface area contributed by atoms with Crippen molar-refractivity contribution >= 4 is 5.78 Å². The normalized spacial score (nSPS) is 12.2. The Morgan fingerprint density at radius 2 is 1.88 bits per heavy atom. The van der Waals surface area contributed by atoms with Crippen molar-refractivity contribution in [2.75, 3.05) is 7.11 Å². The Kier molecular flexibility index (Phi) is 2.01. The Morgan fingerprint density at radius 3 is 2.59 bits per heavy atom. The Hall–Kier alpha value is -2.16. The molecule has 0 saturated carbocycles. The lowest BCUT2D eigenvalue weighted by molar-refractivity contribution is 0.104. The Morgan fingerprint density at radius 1 is 1.18 bits per heavy atom. The summed E-state index contributed by atoms with van der Waals surface area (Å²) in [5.74, 6) is 0.699. The lowest BCUT2D eigenvalue weighted by atomic mass is 10.1. The third-order valence-corrected chi connectivity index (χ3v) is 3.17. The second-order valence-electron chi connectivity index (χ2n) is 4.05. The van der Waals surface area contributed by atoms with E-state index in [4.69, 9.17) is 4.74 Å². The van der Waals surface area contributed by atoms with Gasteiger partial charge in [-0.25, -0.2) is 0 Å². The summed E-state index contributed by atoms with van der Waals surface area (Å²) in [5, 5.41) is 0. The monoisotopic (exact) mass is 225 g/mol. The molecule has 3 heteroatoms. The highest BCUT2D eigenvalue weighted by atomic mass is 16.5. The summed E-state index contributed by atoms with van der Waals surface area (Å²) >= 11 is 0. The van der Waals surface area contributed by atoms with Crippen molar-refractivity contribution in [1.82, 2.24) is 4.98 Å². The first-order valence-electron chi connectivity index (χ1n) is 5.41. The van der Waals surface area contributed by atoms with Gasteiger partial charge in [-0.2, -0.15) is 0 Å². The van der Waals surface area contributed by atoms with Crippen LogP contribution in [0.1, 0.15) is 21.5 Å². The predicted molar refractivity (Wildman–Crippen MR) is 64.4 cm³/mol. The topological polar surface area (TPSA) is 39.2 Å². The number of rotatable bonds is 1. The van der Waals surface area contributed by atoms with Gasteiger partial charge in [-0.05, 0) is 6.92 Å². The first-order valence-corrected chi connectivity index (χ1v) is 5.41. The number of fused-ring (bicyclic) bond motifs is 3. The minimum Gasteiger partial charge on any atom is -0.495 e. The number of pyridine rings is 1. The van der Waals surface area contributed by atoms with E-state index in [9.17, 15) is 4.79 Å². The number of methoxy groups -OCH3 is 1. The van der Waals surface area contributed by atoms with Gasteiger partial charge in [-0.3, -0.25) is 9.78 Å². The molecule has 0 radical (unpaired) electrons. The molecule has 1 aromatic heterocycles. The molecule has 84 valence electrons. The number of aromatic nitrogens is 1. The molecule has 0 amide bonds. The average Bonchev–Trinajstić information content (AvgIpc) is 2.65. The third-order valence-electron chi connectivity index (χ3n) is 3.17. The van der Waals surface area contributed by atoms with Crippen molar-refractivity contribution in [3.8, 4) is 17.0 Å². The number of hydrogen-bond acceptors (Lipinski definition) is 3. The third kappa shape index (κ3) is 1.22. The highest BCUT2D eigenvalue weighted by molar-refractivity contribution is 6.21. The highest BCUT2D eigenvalue weighted by Gasteiger charge is 2.30. The largest absolute Gasteiger partial charge is 0.495 e. The molecule has 0 bridgehead atoms. The number of ketones is 1. The number of carbonyl (C=O) groups excluding carboxylic acids is 1. The summed E-state index contributed by atoms with van der Waals surface area (Å²) in [7, 11) is 1.59. The number of carbonyl (C=O) groups is 1. The summed E-state index contributed by atoms with van der Waals surface area (Å²) in [6.07, 6.45) is 1.67. The molecule has 0 N–H and O–H groups in total. The Bertz CT molecular complexity index is 632. The molecular weight excluding hydrogens is 214 g/mol. The molecule has 3 rings (SSSR count). The van der Waals surface area contributed by atoms with Crippen molar-refractivity contribution in [1.29, 1.82) is 0 Å². The van der Waals surface area contributed by atoms with Crippen LogP contribution in [-0.4, -0.2) is 17.9 Å². The zero-order chi connectivity index (χ0) is 12.0. The number of benzene rings is 1. The minimum atomic E-state index is 0.0412. The minimum absolute atomic E-state index is 0.0412. The van der Waals surface area contributed by atoms with Crippen molar-refractivity contribution in [3.05, 3.63) is 47.2 Å². The van der Waals surface area contributed by atoms with E-state index in [1.54, 1.807) is 13.3 Å². The van der Waals surface area contributed by atoms with E-state index in [-0.39, 0.29) is 5.78 Å². The second-order valence-corrected chi connectivity index (χ2v) is 4.05. The fourth-order valence-corrected chi connectivity index (χ4v) is 2.30. The molecular formula is C14H11NO2. The van der Waals surface area contributed by atoms with Crippen molar-refractivity contribution in [2.45, 2.75) is 6.92 Å². The fraction of sp³-hybridized carbons (Fsp3) is 0.143. The fourth-order valence-electron chi connectivity index (χ4n) is 2.30. The standard InChI is InChI=1S/C14H11NO2/c1-8-11(17-2)7-15-13-9-5-3-4-6-10(9)14(16)12(8)13/h3-7H,1-2H3. The molecule has 0 spiro atoms. The molecule has 1 aliphatic rings. The summed E-state index contributed by atoms with van der Waals surface area (Å²) in [4.78, 5) is 16.6. The first-order chi connectivity index (χ1) is 8.24. The molecule has 0 fully saturated rings. The molecule has 1 aromatic carbocycles. The summed E-state index contributed by atoms with van der Waals surface area (Å²) in [6.45, 7) is 1.89. The zero-order valence-corrected chi connectivity index (χ0v) is 9.65. The van der Waals surface area contributed by atoms with E-state index in [0.29, 0.717) is 11.3 Å². The van der Waals surface area contributed by atoms with E-state index in [0.717, 1.165) is 22.4 Å². The van der Waals surface area contributed by atoms with Crippen LogP contribution in [-0.2, 0) is 0 Å². The lowest BCUT2D eigenvalue weighted by Gasteiger charge is -2.07. The van der Waals surface area contributed by atoms with Crippen LogP contribution in [0, 0.1) is 6.92 Å². The average molecular weight is 225 g/mol. The van der Waals surface area contributed by atoms with Gasteiger partial charge in [0.25, 0.3) is 0 Å². The molecule has 2 aromatic rings. The molecule has 1 heterocycles. The molecule has 17 heavy (non-hydrogen) atoms. The predicted octanol–water partition coefficient (Wildman–Crippen LogP) is 2.61. The van der Waals surface area contributed by atoms with Gasteiger partial charge in [0.15, 0.2) is 5.78 Å². The van der Waals surface area contributed by atoms with Crippen LogP contribution < -0.4 is 4.74 Å². The van der Waals surface area contributed by atoms with Crippen LogP contribution in [0.15, 0.2) is 30.5 Å². The van der Waals surface area contributed by atoms with Gasteiger partial charge in [0.1, 0.15) is 5.75 Å². The van der Waals surface area contributed by atoms with Gasteiger partial charge >= 0.3 is 0 Å². The van der Waals surface area contributed by atoms with E-state index in [1.165, 1.54) is 0 Å². The maximum atomic E-state index is 12.3. The number of ether oxygens (including phenoxy) is 1. The number of hydrogen-bond donors (Lipinski definition) is 0. The molecule has 0 atom stereocenters. The van der Waals surface area contributed by atoms with Crippen LogP contribution in [0.25, 0.3) is 11.3 Å². The van der Waals surface area contributed by atoms with E-state index in [2.05, 4.69) is 4.98 Å². The Labute approximate surface area is 99.1 Å². The smallest absolute Gasteiger partial charge is 0.196 e. The second kappa shape index (κ2) is 3.42. The number of nitrogens with zero attached hydrogens (tertiary/aromatic N) is 1. The zero-order valence-electron chi connectivity index (χ0n) is 9.65. The van der Waals surface area contributed by atoms with Gasteiger partial charge in [-0.1, -0.05) is 24.3 Å². The van der Waals surface area contributed by atoms with Crippen molar-refractivity contribution < 1.29 is 9.53 Å². The van der Waals surface area contributed by atoms with Crippen LogP contribution >= 0.6 is 0 Å². The SMILES string of the molecule is COc1cnc2c(c1C)C(=O)c1ccccc1-2. The van der Waals surface area contributed by atoms with Crippen molar-refractivity contribution in [2.24, 2.45) is 0 Å². The maximum absolute atomic E-state index is 12.3. The quantitative estimate of drug-likeness (QED) is 0.639. The van der Waals surface area contributed by atoms with Gasteiger partial charge in [0, 0.05) is 16.7 Å². The van der Waals surface area contributed by atoms with Gasteiger partial charge in [0.2, 0.25) is 0 Å². The molecule has 0 aliphatic heterocycles. The van der Waals surface area contributed by atoms with Gasteiger partial charge in [-0.15, -0.1) is 0 Å². The van der Waals surface area contributed by atoms with E-state index >= 15 is 0 Å². The van der Waals surface area contributed by atoms with Gasteiger partial charge < -0.3 is 4.74 Å². The van der Waals surface area contributed by atoms with Crippen LogP contribution in [0.2, 0.25) is 0 Å². The van der Waals surface area contributed by atoms with Crippen LogP contribution in [0.5, 0.6) is 5.75 Å². The highest BCUT2D eigenvalue weighted by Crippen LogP contribution is 2.38. The first kappa shape index (κ1) is 10.0. The summed E-state index contributed by atoms with van der Waals surface area (Å²) in [5.41, 5.74) is 3.94. The van der Waals surface area contributed by atoms with E-state index < -0.39 is 0 Å². The van der Waals surface area contributed by atoms with Gasteiger partial charge in [0.05, 0.1) is 24.6 Å². The van der Waals surface area contributed by atoms with E-state index in [1.807, 2.05) is 31.2 Å². The van der Waals surface area contributed by atoms with Crippen LogP contribution in [0.3, 0.4) is 0 Å². The molecule has 1 aliphatic carbocycles. The molecule has 0 unspecified atom stereocenters. The van der Waals surface area contributed by atoms with Crippen LogP contribution in [0.4, 0.5) is 0 Å². The van der Waals surface area contributed by atoms with Crippen molar-refractivity contribution in [3.63, 3.8) is 0 Å². The maximum Gasteiger partial charge on any atom is 0.196 e. The molecule has 3 nitrogen and oxygen atoms in total. The molecule has 0 saturated heterocycles. The lowest BCUT2D eigenvalue weighted by Crippen LogP contribution is -2.01. The Balaban J connectivity index is 2.35. The summed E-state index contributed by atoms with van der Waals surface area (Å²) < 4.78 is 5.20. The summed E-state index contributed by atoms with van der Waals surface area (Å²) in [6, 6.07) is 7.56.